The van der Waals surface area contributed by atoms with E-state index in [1.165, 1.54) is 18.2 Å². The number of aryl methyl sites for hydroxylation is 1. The average molecular weight is 356 g/mol. The first kappa shape index (κ1) is 19.1. The number of nitro benzene ring substituents is 1. The predicted molar refractivity (Wildman–Crippen MR) is 96.2 cm³/mol. The Morgan fingerprint density at radius 1 is 1.19 bits per heavy atom. The summed E-state index contributed by atoms with van der Waals surface area (Å²) >= 11 is 0. The predicted octanol–water partition coefficient (Wildman–Crippen LogP) is 3.07. The number of carboxylic acids is 1. The summed E-state index contributed by atoms with van der Waals surface area (Å²) in [6.07, 6.45) is 0.278. The lowest BCUT2D eigenvalue weighted by Gasteiger charge is -2.29. The van der Waals surface area contributed by atoms with Gasteiger partial charge in [-0.1, -0.05) is 37.3 Å². The molecule has 2 aromatic rings. The molecular formula is C19H20N2O5. The zero-order valence-corrected chi connectivity index (χ0v) is 14.6. The number of carboxylic acid groups (broad SMARTS) is 1. The molecule has 0 bridgehead atoms. The first-order valence-electron chi connectivity index (χ1n) is 8.13. The summed E-state index contributed by atoms with van der Waals surface area (Å²) in [7, 11) is 0. The molecule has 0 saturated heterocycles. The van der Waals surface area contributed by atoms with Gasteiger partial charge >= 0.3 is 5.97 Å². The fourth-order valence-electron chi connectivity index (χ4n) is 2.87. The van der Waals surface area contributed by atoms with E-state index in [1.54, 1.807) is 44.2 Å². The Morgan fingerprint density at radius 2 is 1.85 bits per heavy atom. The van der Waals surface area contributed by atoms with Crippen LogP contribution in [0.3, 0.4) is 0 Å². The molecule has 0 heterocycles. The van der Waals surface area contributed by atoms with Crippen molar-refractivity contribution in [3.8, 4) is 0 Å². The number of amides is 1. The third kappa shape index (κ3) is 3.88. The number of rotatable bonds is 7. The van der Waals surface area contributed by atoms with Crippen LogP contribution in [-0.2, 0) is 10.2 Å². The fraction of sp³-hybridized carbons (Fsp3) is 0.263. The SMILES string of the molecule is CCC(CNC(=O)c1cc(C)cc([N+](=O)[O-])c1)(C(=O)O)c1ccccc1. The molecule has 1 atom stereocenters. The Kier molecular flexibility index (Phi) is 5.71. The second-order valence-corrected chi connectivity index (χ2v) is 6.10. The topological polar surface area (TPSA) is 110 Å². The van der Waals surface area contributed by atoms with Crippen LogP contribution in [0, 0.1) is 17.0 Å². The van der Waals surface area contributed by atoms with Crippen molar-refractivity contribution in [1.29, 1.82) is 0 Å². The molecule has 136 valence electrons. The van der Waals surface area contributed by atoms with E-state index in [0.717, 1.165) is 0 Å². The highest BCUT2D eigenvalue weighted by Crippen LogP contribution is 2.28. The van der Waals surface area contributed by atoms with Gasteiger partial charge in [0.25, 0.3) is 11.6 Å². The van der Waals surface area contributed by atoms with E-state index < -0.39 is 22.2 Å². The number of nitrogens with zero attached hydrogens (tertiary/aromatic N) is 1. The number of nitrogens with one attached hydrogen (secondary N) is 1. The lowest BCUT2D eigenvalue weighted by atomic mass is 9.78. The van der Waals surface area contributed by atoms with Gasteiger partial charge in [-0.3, -0.25) is 19.7 Å². The first-order valence-corrected chi connectivity index (χ1v) is 8.13. The minimum Gasteiger partial charge on any atom is -0.481 e. The van der Waals surface area contributed by atoms with E-state index in [0.29, 0.717) is 11.1 Å². The molecule has 0 fully saturated rings. The third-order valence-electron chi connectivity index (χ3n) is 4.43. The normalized spacial score (nSPS) is 12.8. The zero-order chi connectivity index (χ0) is 19.3. The van der Waals surface area contributed by atoms with E-state index in [-0.39, 0.29) is 24.2 Å². The molecule has 7 heteroatoms. The first-order chi connectivity index (χ1) is 12.3. The van der Waals surface area contributed by atoms with Gasteiger partial charge in [-0.15, -0.1) is 0 Å². The number of hydrogen-bond donors (Lipinski definition) is 2. The van der Waals surface area contributed by atoms with Crippen molar-refractivity contribution < 1.29 is 19.6 Å². The van der Waals surface area contributed by atoms with Gasteiger partial charge in [0, 0.05) is 24.2 Å². The molecule has 0 aliphatic heterocycles. The van der Waals surface area contributed by atoms with Crippen LogP contribution in [-0.4, -0.2) is 28.5 Å². The van der Waals surface area contributed by atoms with Crippen molar-refractivity contribution >= 4 is 17.6 Å². The highest BCUT2D eigenvalue weighted by molar-refractivity contribution is 5.95. The number of benzene rings is 2. The maximum absolute atomic E-state index is 12.5. The molecule has 0 spiro atoms. The molecule has 1 unspecified atom stereocenters. The summed E-state index contributed by atoms with van der Waals surface area (Å²) in [5.74, 6) is -1.59. The molecule has 0 aromatic heterocycles. The van der Waals surface area contributed by atoms with Crippen LogP contribution >= 0.6 is 0 Å². The number of carbonyl (C=O) groups is 2. The zero-order valence-electron chi connectivity index (χ0n) is 14.6. The smallest absolute Gasteiger partial charge is 0.315 e. The van der Waals surface area contributed by atoms with Crippen molar-refractivity contribution in [1.82, 2.24) is 5.32 Å². The second kappa shape index (κ2) is 7.77. The lowest BCUT2D eigenvalue weighted by Crippen LogP contribution is -2.46. The second-order valence-electron chi connectivity index (χ2n) is 6.10. The maximum Gasteiger partial charge on any atom is 0.315 e. The van der Waals surface area contributed by atoms with Crippen molar-refractivity contribution in [2.24, 2.45) is 0 Å². The molecule has 0 aliphatic carbocycles. The molecule has 26 heavy (non-hydrogen) atoms. The van der Waals surface area contributed by atoms with Crippen LogP contribution < -0.4 is 5.32 Å². The Labute approximate surface area is 150 Å². The molecule has 2 rings (SSSR count). The van der Waals surface area contributed by atoms with Crippen LogP contribution in [0.4, 0.5) is 5.69 Å². The maximum atomic E-state index is 12.5. The molecular weight excluding hydrogens is 336 g/mol. The number of non-ortho nitro benzene ring substituents is 1. The van der Waals surface area contributed by atoms with Gasteiger partial charge < -0.3 is 10.4 Å². The summed E-state index contributed by atoms with van der Waals surface area (Å²) in [4.78, 5) is 34.8. The van der Waals surface area contributed by atoms with Crippen molar-refractivity contribution in [2.45, 2.75) is 25.7 Å². The molecule has 0 radical (unpaired) electrons. The highest BCUT2D eigenvalue weighted by Gasteiger charge is 2.39. The van der Waals surface area contributed by atoms with Gasteiger partial charge in [0.2, 0.25) is 0 Å². The van der Waals surface area contributed by atoms with E-state index in [9.17, 15) is 24.8 Å². The van der Waals surface area contributed by atoms with Gasteiger partial charge in [0.15, 0.2) is 0 Å². The summed E-state index contributed by atoms with van der Waals surface area (Å²) in [6, 6.07) is 12.8. The Hall–Kier alpha value is -3.22. The summed E-state index contributed by atoms with van der Waals surface area (Å²) in [5.41, 5.74) is -0.163. The Balaban J connectivity index is 2.28. The van der Waals surface area contributed by atoms with Crippen LogP contribution in [0.5, 0.6) is 0 Å². The van der Waals surface area contributed by atoms with Crippen LogP contribution in [0.15, 0.2) is 48.5 Å². The molecule has 1 amide bonds. The number of nitro groups is 1. The summed E-state index contributed by atoms with van der Waals surface area (Å²) in [6.45, 7) is 3.27. The molecule has 0 saturated carbocycles. The average Bonchev–Trinajstić information content (AvgIpc) is 2.62. The highest BCUT2D eigenvalue weighted by atomic mass is 16.6. The monoisotopic (exact) mass is 356 g/mol. The lowest BCUT2D eigenvalue weighted by molar-refractivity contribution is -0.384. The van der Waals surface area contributed by atoms with E-state index in [2.05, 4.69) is 5.32 Å². The van der Waals surface area contributed by atoms with E-state index in [1.807, 2.05) is 0 Å². The largest absolute Gasteiger partial charge is 0.481 e. The molecule has 7 nitrogen and oxygen atoms in total. The third-order valence-corrected chi connectivity index (χ3v) is 4.43. The van der Waals surface area contributed by atoms with Gasteiger partial charge in [-0.05, 0) is 30.5 Å². The number of carbonyl (C=O) groups excluding carboxylic acids is 1. The molecule has 2 aromatic carbocycles. The van der Waals surface area contributed by atoms with Crippen molar-refractivity contribution in [3.63, 3.8) is 0 Å². The summed E-state index contributed by atoms with van der Waals surface area (Å²) in [5, 5.41) is 23.4. The Bertz CT molecular complexity index is 835. The standard InChI is InChI=1S/C19H20N2O5/c1-3-19(18(23)24,15-7-5-4-6-8-15)12-20-17(22)14-9-13(2)10-16(11-14)21(25)26/h4-11H,3,12H2,1-2H3,(H,20,22)(H,23,24). The minimum atomic E-state index is -1.27. The number of hydrogen-bond acceptors (Lipinski definition) is 4. The van der Waals surface area contributed by atoms with Crippen LogP contribution in [0.2, 0.25) is 0 Å². The van der Waals surface area contributed by atoms with E-state index >= 15 is 0 Å². The molecule has 2 N–H and O–H groups in total. The number of aliphatic carboxylic acids is 1. The van der Waals surface area contributed by atoms with Gasteiger partial charge in [-0.2, -0.15) is 0 Å². The van der Waals surface area contributed by atoms with Gasteiger partial charge in [0.1, 0.15) is 5.41 Å². The van der Waals surface area contributed by atoms with Crippen LogP contribution in [0.1, 0.15) is 34.8 Å². The minimum absolute atomic E-state index is 0.122. The fourth-order valence-corrected chi connectivity index (χ4v) is 2.87. The molecule has 0 aliphatic rings. The Morgan fingerprint density at radius 3 is 2.38 bits per heavy atom. The van der Waals surface area contributed by atoms with E-state index in [4.69, 9.17) is 0 Å². The van der Waals surface area contributed by atoms with Gasteiger partial charge in [-0.25, -0.2) is 0 Å². The quantitative estimate of drug-likeness (QED) is 0.585. The van der Waals surface area contributed by atoms with Crippen molar-refractivity contribution in [3.05, 3.63) is 75.3 Å². The van der Waals surface area contributed by atoms with Crippen molar-refractivity contribution in [2.75, 3.05) is 6.54 Å². The van der Waals surface area contributed by atoms with Gasteiger partial charge in [0.05, 0.1) is 4.92 Å². The summed E-state index contributed by atoms with van der Waals surface area (Å²) < 4.78 is 0. The van der Waals surface area contributed by atoms with Crippen LogP contribution in [0.25, 0.3) is 0 Å².